The van der Waals surface area contributed by atoms with Crippen LogP contribution in [0.5, 0.6) is 0 Å². The van der Waals surface area contributed by atoms with Crippen molar-refractivity contribution in [1.82, 2.24) is 0 Å². The van der Waals surface area contributed by atoms with E-state index in [1.807, 2.05) is 0 Å². The van der Waals surface area contributed by atoms with E-state index in [9.17, 15) is 5.11 Å². The molecule has 100 valence electrons. The van der Waals surface area contributed by atoms with E-state index in [1.165, 1.54) is 24.8 Å². The van der Waals surface area contributed by atoms with E-state index in [0.29, 0.717) is 0 Å². The number of rotatable bonds is 7. The van der Waals surface area contributed by atoms with Crippen LogP contribution in [-0.2, 0) is 5.41 Å². The summed E-state index contributed by atoms with van der Waals surface area (Å²) >= 11 is 0. The molecule has 1 nitrogen and oxygen atoms in total. The van der Waals surface area contributed by atoms with E-state index in [1.54, 1.807) is 0 Å². The molecule has 1 aromatic carbocycles. The van der Waals surface area contributed by atoms with Gasteiger partial charge in [0.15, 0.2) is 0 Å². The van der Waals surface area contributed by atoms with Crippen molar-refractivity contribution in [3.8, 4) is 0 Å². The molecule has 0 bridgehead atoms. The predicted molar refractivity (Wildman–Crippen MR) is 76.7 cm³/mol. The molecule has 1 saturated carbocycles. The molecule has 0 saturated heterocycles. The van der Waals surface area contributed by atoms with Gasteiger partial charge in [-0.15, -0.1) is 0 Å². The summed E-state index contributed by atoms with van der Waals surface area (Å²) in [6.07, 6.45) is 6.75. The Bertz CT molecular complexity index is 349. The van der Waals surface area contributed by atoms with Gasteiger partial charge in [-0.3, -0.25) is 0 Å². The lowest BCUT2D eigenvalue weighted by atomic mass is 9.70. The summed E-state index contributed by atoms with van der Waals surface area (Å²) in [7, 11) is 0. The number of aliphatic hydroxyl groups excluding tert-OH is 1. The second-order valence-electron chi connectivity index (χ2n) is 5.77. The van der Waals surface area contributed by atoms with Gasteiger partial charge in [-0.05, 0) is 37.2 Å². The van der Waals surface area contributed by atoms with Crippen molar-refractivity contribution in [3.63, 3.8) is 0 Å². The fourth-order valence-electron chi connectivity index (χ4n) is 3.17. The minimum atomic E-state index is -0.199. The molecule has 1 aliphatic rings. The van der Waals surface area contributed by atoms with E-state index in [-0.39, 0.29) is 11.5 Å². The molecule has 0 spiro atoms. The van der Waals surface area contributed by atoms with Gasteiger partial charge in [-0.2, -0.15) is 0 Å². The van der Waals surface area contributed by atoms with Crippen molar-refractivity contribution in [2.24, 2.45) is 5.92 Å². The molecule has 0 amide bonds. The zero-order valence-corrected chi connectivity index (χ0v) is 11.7. The Labute approximate surface area is 111 Å². The number of hydrogen-bond acceptors (Lipinski definition) is 1. The van der Waals surface area contributed by atoms with Crippen LogP contribution in [0.4, 0.5) is 0 Å². The maximum Gasteiger partial charge on any atom is 0.0636 e. The first-order chi connectivity index (χ1) is 8.73. The zero-order chi connectivity index (χ0) is 13.0. The first-order valence-corrected chi connectivity index (χ1v) is 7.46. The minimum Gasteiger partial charge on any atom is -0.392 e. The van der Waals surface area contributed by atoms with Crippen molar-refractivity contribution in [2.75, 3.05) is 0 Å². The summed E-state index contributed by atoms with van der Waals surface area (Å²) in [5.41, 5.74) is 1.26. The monoisotopic (exact) mass is 246 g/mol. The lowest BCUT2D eigenvalue weighted by Crippen LogP contribution is -2.38. The topological polar surface area (TPSA) is 20.2 Å². The zero-order valence-electron chi connectivity index (χ0n) is 11.7. The lowest BCUT2D eigenvalue weighted by molar-refractivity contribution is 0.0624. The molecule has 1 fully saturated rings. The van der Waals surface area contributed by atoms with Crippen LogP contribution in [0.3, 0.4) is 0 Å². The van der Waals surface area contributed by atoms with E-state index in [0.717, 1.165) is 25.2 Å². The first-order valence-electron chi connectivity index (χ1n) is 7.46. The highest BCUT2D eigenvalue weighted by atomic mass is 16.3. The quantitative estimate of drug-likeness (QED) is 0.760. The Morgan fingerprint density at radius 3 is 2.28 bits per heavy atom. The van der Waals surface area contributed by atoms with Crippen LogP contribution in [0, 0.1) is 5.92 Å². The summed E-state index contributed by atoms with van der Waals surface area (Å²) in [4.78, 5) is 0. The van der Waals surface area contributed by atoms with Crippen LogP contribution in [-0.4, -0.2) is 11.2 Å². The summed E-state index contributed by atoms with van der Waals surface area (Å²) < 4.78 is 0. The molecule has 1 unspecified atom stereocenters. The third-order valence-electron chi connectivity index (χ3n) is 4.79. The molecule has 0 heterocycles. The molecule has 0 aromatic heterocycles. The lowest BCUT2D eigenvalue weighted by Gasteiger charge is -2.37. The van der Waals surface area contributed by atoms with Gasteiger partial charge in [0.05, 0.1) is 6.10 Å². The number of aliphatic hydroxyl groups is 1. The Morgan fingerprint density at radius 1 is 1.17 bits per heavy atom. The molecule has 1 aromatic rings. The van der Waals surface area contributed by atoms with Gasteiger partial charge in [0.1, 0.15) is 0 Å². The van der Waals surface area contributed by atoms with E-state index >= 15 is 0 Å². The molecule has 0 radical (unpaired) electrons. The van der Waals surface area contributed by atoms with Gasteiger partial charge in [-0.25, -0.2) is 0 Å². The Kier molecular flexibility index (Phi) is 4.45. The average molecular weight is 246 g/mol. The van der Waals surface area contributed by atoms with Crippen LogP contribution in [0.15, 0.2) is 30.3 Å². The van der Waals surface area contributed by atoms with Crippen LogP contribution >= 0.6 is 0 Å². The summed E-state index contributed by atoms with van der Waals surface area (Å²) in [6.45, 7) is 4.41. The normalized spacial score (nSPS) is 17.7. The van der Waals surface area contributed by atoms with Gasteiger partial charge in [-0.1, -0.05) is 57.0 Å². The molecule has 1 N–H and O–H groups in total. The molecule has 0 aliphatic heterocycles. The second kappa shape index (κ2) is 5.88. The van der Waals surface area contributed by atoms with E-state index in [4.69, 9.17) is 0 Å². The molecule has 1 heteroatoms. The third-order valence-corrected chi connectivity index (χ3v) is 4.79. The smallest absolute Gasteiger partial charge is 0.0636 e. The second-order valence-corrected chi connectivity index (χ2v) is 5.77. The highest BCUT2D eigenvalue weighted by Crippen LogP contribution is 2.40. The highest BCUT2D eigenvalue weighted by Gasteiger charge is 2.36. The van der Waals surface area contributed by atoms with Crippen LogP contribution in [0.1, 0.15) is 57.9 Å². The number of hydrogen-bond donors (Lipinski definition) is 1. The van der Waals surface area contributed by atoms with Gasteiger partial charge >= 0.3 is 0 Å². The average Bonchev–Trinajstić information content (AvgIpc) is 3.24. The van der Waals surface area contributed by atoms with Crippen molar-refractivity contribution in [2.45, 2.75) is 63.9 Å². The van der Waals surface area contributed by atoms with Gasteiger partial charge in [0, 0.05) is 5.41 Å². The Morgan fingerprint density at radius 2 is 1.78 bits per heavy atom. The van der Waals surface area contributed by atoms with Crippen molar-refractivity contribution in [1.29, 1.82) is 0 Å². The standard InChI is InChI=1S/C17H26O/c1-3-17(4-2,15-8-6-5-7-9-15)16(18)13-12-14-10-11-14/h5-9,14,16,18H,3-4,10-13H2,1-2H3. The summed E-state index contributed by atoms with van der Waals surface area (Å²) in [6, 6.07) is 10.6. The van der Waals surface area contributed by atoms with Crippen LogP contribution < -0.4 is 0 Å². The molecular formula is C17H26O. The number of benzene rings is 1. The van der Waals surface area contributed by atoms with E-state index < -0.39 is 0 Å². The molecule has 1 atom stereocenters. The van der Waals surface area contributed by atoms with Gasteiger partial charge in [0.2, 0.25) is 0 Å². The summed E-state index contributed by atoms with van der Waals surface area (Å²) in [5.74, 6) is 0.904. The maximum atomic E-state index is 10.7. The molecular weight excluding hydrogens is 220 g/mol. The SMILES string of the molecule is CCC(CC)(c1ccccc1)C(O)CCC1CC1. The van der Waals surface area contributed by atoms with Crippen LogP contribution in [0.2, 0.25) is 0 Å². The maximum absolute atomic E-state index is 10.7. The largest absolute Gasteiger partial charge is 0.392 e. The minimum absolute atomic E-state index is 0.0455. The third kappa shape index (κ3) is 2.77. The van der Waals surface area contributed by atoms with Gasteiger partial charge < -0.3 is 5.11 Å². The Hall–Kier alpha value is -0.820. The van der Waals surface area contributed by atoms with Crippen molar-refractivity contribution in [3.05, 3.63) is 35.9 Å². The fourth-order valence-corrected chi connectivity index (χ4v) is 3.17. The molecule has 2 rings (SSSR count). The van der Waals surface area contributed by atoms with Crippen LogP contribution in [0.25, 0.3) is 0 Å². The fraction of sp³-hybridized carbons (Fsp3) is 0.647. The van der Waals surface area contributed by atoms with Crippen molar-refractivity contribution >= 4 is 0 Å². The van der Waals surface area contributed by atoms with E-state index in [2.05, 4.69) is 44.2 Å². The Balaban J connectivity index is 2.13. The predicted octanol–water partition coefficient (Wildman–Crippen LogP) is 4.30. The molecule has 18 heavy (non-hydrogen) atoms. The van der Waals surface area contributed by atoms with Crippen molar-refractivity contribution < 1.29 is 5.11 Å². The highest BCUT2D eigenvalue weighted by molar-refractivity contribution is 5.26. The summed E-state index contributed by atoms with van der Waals surface area (Å²) in [5, 5.41) is 10.7. The first kappa shape index (κ1) is 13.6. The van der Waals surface area contributed by atoms with Gasteiger partial charge in [0.25, 0.3) is 0 Å². The molecule has 1 aliphatic carbocycles.